The lowest BCUT2D eigenvalue weighted by Gasteiger charge is -2.23. The third kappa shape index (κ3) is 4.71. The molecule has 0 spiro atoms. The molecule has 1 aliphatic rings. The van der Waals surface area contributed by atoms with Crippen LogP contribution in [-0.2, 0) is 9.84 Å². The van der Waals surface area contributed by atoms with E-state index in [1.165, 1.54) is 19.3 Å². The van der Waals surface area contributed by atoms with E-state index in [1.807, 2.05) is 0 Å². The van der Waals surface area contributed by atoms with Gasteiger partial charge >= 0.3 is 0 Å². The summed E-state index contributed by atoms with van der Waals surface area (Å²) < 4.78 is 23.3. The Morgan fingerprint density at radius 3 is 2.39 bits per heavy atom. The molecular formula is C13H26ClNO2S. The lowest BCUT2D eigenvalue weighted by Crippen LogP contribution is -2.41. The summed E-state index contributed by atoms with van der Waals surface area (Å²) in [5, 5.41) is 3.47. The van der Waals surface area contributed by atoms with Crippen molar-refractivity contribution in [3.8, 4) is 0 Å². The summed E-state index contributed by atoms with van der Waals surface area (Å²) in [7, 11) is -3.03. The van der Waals surface area contributed by atoms with Gasteiger partial charge in [0.05, 0.1) is 10.5 Å². The monoisotopic (exact) mass is 295 g/mol. The van der Waals surface area contributed by atoms with Crippen molar-refractivity contribution < 1.29 is 8.42 Å². The molecule has 1 N–H and O–H groups in total. The van der Waals surface area contributed by atoms with E-state index in [-0.39, 0.29) is 17.2 Å². The maximum absolute atomic E-state index is 12.0. The lowest BCUT2D eigenvalue weighted by atomic mass is 10.1. The van der Waals surface area contributed by atoms with E-state index in [9.17, 15) is 8.42 Å². The van der Waals surface area contributed by atoms with Gasteiger partial charge in [-0.3, -0.25) is 0 Å². The quantitative estimate of drug-likeness (QED) is 0.641. The molecule has 0 aromatic rings. The third-order valence-electron chi connectivity index (χ3n) is 3.64. The van der Waals surface area contributed by atoms with E-state index < -0.39 is 14.6 Å². The van der Waals surface area contributed by atoms with Crippen molar-refractivity contribution in [3.05, 3.63) is 0 Å². The van der Waals surface area contributed by atoms with Crippen molar-refractivity contribution in [3.63, 3.8) is 0 Å². The second-order valence-corrected chi connectivity index (χ2v) is 9.57. The first-order valence-electron chi connectivity index (χ1n) is 6.84. The van der Waals surface area contributed by atoms with Crippen LogP contribution in [0.25, 0.3) is 0 Å². The zero-order chi connectivity index (χ0) is 13.8. The van der Waals surface area contributed by atoms with Crippen LogP contribution in [0, 0.1) is 0 Å². The van der Waals surface area contributed by atoms with Crippen LogP contribution < -0.4 is 5.32 Å². The fourth-order valence-corrected chi connectivity index (χ4v) is 3.55. The molecule has 0 saturated heterocycles. The minimum atomic E-state index is -3.03. The highest BCUT2D eigenvalue weighted by Gasteiger charge is 2.29. The Kier molecular flexibility index (Phi) is 5.94. The first-order chi connectivity index (χ1) is 8.24. The fourth-order valence-electron chi connectivity index (χ4n) is 2.18. The van der Waals surface area contributed by atoms with Gasteiger partial charge in [-0.1, -0.05) is 19.3 Å². The van der Waals surface area contributed by atoms with Gasteiger partial charge in [-0.2, -0.15) is 0 Å². The van der Waals surface area contributed by atoms with Crippen molar-refractivity contribution in [1.82, 2.24) is 5.32 Å². The number of nitrogens with one attached hydrogen (secondary N) is 1. The maximum atomic E-state index is 12.0. The molecule has 2 atom stereocenters. The highest BCUT2D eigenvalue weighted by Crippen LogP contribution is 2.22. The van der Waals surface area contributed by atoms with E-state index in [0.29, 0.717) is 6.54 Å². The Labute approximate surface area is 117 Å². The molecule has 0 radical (unpaired) electrons. The van der Waals surface area contributed by atoms with Crippen LogP contribution in [0.1, 0.15) is 52.9 Å². The van der Waals surface area contributed by atoms with Crippen molar-refractivity contribution in [1.29, 1.82) is 0 Å². The molecule has 0 aromatic heterocycles. The minimum absolute atomic E-state index is 0.143. The molecule has 0 aliphatic heterocycles. The van der Waals surface area contributed by atoms with Gasteiger partial charge in [-0.15, -0.1) is 11.6 Å². The second kappa shape index (κ2) is 6.58. The molecule has 0 amide bonds. The summed E-state index contributed by atoms with van der Waals surface area (Å²) in [6, 6.07) is 0.268. The highest BCUT2D eigenvalue weighted by atomic mass is 35.5. The molecule has 2 unspecified atom stereocenters. The molecule has 0 bridgehead atoms. The van der Waals surface area contributed by atoms with Gasteiger partial charge in [-0.25, -0.2) is 8.42 Å². The molecule has 0 heterocycles. The molecule has 3 nitrogen and oxygen atoms in total. The van der Waals surface area contributed by atoms with E-state index in [1.54, 1.807) is 20.8 Å². The van der Waals surface area contributed by atoms with E-state index in [2.05, 4.69) is 5.32 Å². The Hall–Kier alpha value is 0.200. The van der Waals surface area contributed by atoms with E-state index in [0.717, 1.165) is 12.8 Å². The predicted octanol–water partition coefficient (Wildman–Crippen LogP) is 2.73. The van der Waals surface area contributed by atoms with Crippen molar-refractivity contribution in [2.24, 2.45) is 0 Å². The number of halogens is 1. The van der Waals surface area contributed by atoms with Gasteiger partial charge in [0.25, 0.3) is 0 Å². The molecule has 1 saturated carbocycles. The van der Waals surface area contributed by atoms with Gasteiger partial charge in [0, 0.05) is 18.0 Å². The number of alkyl halides is 1. The smallest absolute Gasteiger partial charge is 0.156 e. The van der Waals surface area contributed by atoms with Crippen molar-refractivity contribution in [2.75, 3.05) is 12.3 Å². The Bertz CT molecular complexity index is 348. The largest absolute Gasteiger partial charge is 0.312 e. The van der Waals surface area contributed by atoms with Crippen LogP contribution in [0.15, 0.2) is 0 Å². The standard InChI is InChI=1S/C13H26ClNO2S/c1-13(2,3)18(16,17)10-9-15-12-8-6-4-5-7-11(12)14/h11-12,15H,4-10H2,1-3H3. The van der Waals surface area contributed by atoms with Crippen molar-refractivity contribution >= 4 is 21.4 Å². The van der Waals surface area contributed by atoms with Gasteiger partial charge in [-0.05, 0) is 33.6 Å². The summed E-state index contributed by atoms with van der Waals surface area (Å²) in [6.45, 7) is 5.75. The first-order valence-corrected chi connectivity index (χ1v) is 8.93. The average Bonchev–Trinajstić information content (AvgIpc) is 2.42. The predicted molar refractivity (Wildman–Crippen MR) is 78.1 cm³/mol. The number of hydrogen-bond acceptors (Lipinski definition) is 3. The third-order valence-corrected chi connectivity index (χ3v) is 6.77. The molecule has 1 aliphatic carbocycles. The van der Waals surface area contributed by atoms with Gasteiger partial charge in [0.15, 0.2) is 9.84 Å². The van der Waals surface area contributed by atoms with Crippen LogP contribution >= 0.6 is 11.6 Å². The molecule has 108 valence electrons. The topological polar surface area (TPSA) is 46.2 Å². The van der Waals surface area contributed by atoms with Gasteiger partial charge < -0.3 is 5.32 Å². The number of rotatable bonds is 4. The van der Waals surface area contributed by atoms with Gasteiger partial charge in [0.1, 0.15) is 0 Å². The van der Waals surface area contributed by atoms with Crippen LogP contribution in [0.2, 0.25) is 0 Å². The Morgan fingerprint density at radius 2 is 1.78 bits per heavy atom. The first kappa shape index (κ1) is 16.3. The Morgan fingerprint density at radius 1 is 1.17 bits per heavy atom. The van der Waals surface area contributed by atoms with E-state index in [4.69, 9.17) is 11.6 Å². The molecule has 1 fully saturated rings. The molecule has 5 heteroatoms. The number of sulfone groups is 1. The SMILES string of the molecule is CC(C)(C)S(=O)(=O)CCNC1CCCCCC1Cl. The summed E-state index contributed by atoms with van der Waals surface area (Å²) in [5.74, 6) is 0.191. The van der Waals surface area contributed by atoms with Crippen LogP contribution in [-0.4, -0.2) is 36.9 Å². The molecular weight excluding hydrogens is 270 g/mol. The Balaban J connectivity index is 2.41. The van der Waals surface area contributed by atoms with Gasteiger partial charge in [0.2, 0.25) is 0 Å². The molecule has 0 aromatic carbocycles. The molecule has 18 heavy (non-hydrogen) atoms. The normalized spacial score (nSPS) is 26.9. The second-order valence-electron chi connectivity index (χ2n) is 6.15. The summed E-state index contributed by atoms with van der Waals surface area (Å²) in [6.07, 6.45) is 5.70. The number of hydrogen-bond donors (Lipinski definition) is 1. The summed E-state index contributed by atoms with van der Waals surface area (Å²) in [5.41, 5.74) is 0. The van der Waals surface area contributed by atoms with Crippen LogP contribution in [0.4, 0.5) is 0 Å². The lowest BCUT2D eigenvalue weighted by molar-refractivity contribution is 0.475. The summed E-state index contributed by atoms with van der Waals surface area (Å²) in [4.78, 5) is 0. The zero-order valence-corrected chi connectivity index (χ0v) is 13.3. The average molecular weight is 296 g/mol. The minimum Gasteiger partial charge on any atom is -0.312 e. The maximum Gasteiger partial charge on any atom is 0.156 e. The molecule has 1 rings (SSSR count). The highest BCUT2D eigenvalue weighted by molar-refractivity contribution is 7.92. The van der Waals surface area contributed by atoms with E-state index >= 15 is 0 Å². The summed E-state index contributed by atoms with van der Waals surface area (Å²) >= 11 is 6.32. The van der Waals surface area contributed by atoms with Crippen LogP contribution in [0.5, 0.6) is 0 Å². The van der Waals surface area contributed by atoms with Crippen molar-refractivity contribution in [2.45, 2.75) is 69.0 Å². The fraction of sp³-hybridized carbons (Fsp3) is 1.00. The van der Waals surface area contributed by atoms with Crippen LogP contribution in [0.3, 0.4) is 0 Å². The zero-order valence-electron chi connectivity index (χ0n) is 11.7.